The number of halogens is 1. The highest BCUT2D eigenvalue weighted by Crippen LogP contribution is 2.24. The van der Waals surface area contributed by atoms with E-state index in [1.165, 1.54) is 0 Å². The van der Waals surface area contributed by atoms with E-state index in [4.69, 9.17) is 16.7 Å². The van der Waals surface area contributed by atoms with Gasteiger partial charge in [0.15, 0.2) is 11.4 Å². The van der Waals surface area contributed by atoms with Crippen molar-refractivity contribution < 1.29 is 19.8 Å². The molecule has 0 atom stereocenters. The third-order valence-corrected chi connectivity index (χ3v) is 3.70. The van der Waals surface area contributed by atoms with Crippen molar-refractivity contribution in [2.75, 3.05) is 6.54 Å². The fraction of sp³-hybridized carbons (Fsp3) is 0.250. The van der Waals surface area contributed by atoms with Crippen LogP contribution in [0, 0.1) is 13.8 Å². The monoisotopic (exact) mass is 349 g/mol. The Bertz CT molecular complexity index is 808. The fourth-order valence-electron chi connectivity index (χ4n) is 2.09. The summed E-state index contributed by atoms with van der Waals surface area (Å²) in [6, 6.07) is 5.46. The third kappa shape index (κ3) is 4.20. The van der Waals surface area contributed by atoms with Crippen LogP contribution in [0.2, 0.25) is 5.02 Å². The number of carbonyl (C=O) groups excluding carboxylic acids is 1. The Morgan fingerprint density at radius 2 is 1.96 bits per heavy atom. The van der Waals surface area contributed by atoms with E-state index in [0.29, 0.717) is 10.8 Å². The molecule has 0 radical (unpaired) electrons. The van der Waals surface area contributed by atoms with E-state index in [-0.39, 0.29) is 23.6 Å². The highest BCUT2D eigenvalue weighted by molar-refractivity contribution is 6.31. The van der Waals surface area contributed by atoms with E-state index in [1.54, 1.807) is 13.0 Å². The molecule has 1 amide bonds. The van der Waals surface area contributed by atoms with Crippen LogP contribution in [0.15, 0.2) is 18.2 Å². The van der Waals surface area contributed by atoms with Crippen LogP contribution in [0.1, 0.15) is 33.1 Å². The fourth-order valence-corrected chi connectivity index (χ4v) is 2.29. The summed E-state index contributed by atoms with van der Waals surface area (Å²) >= 11 is 6.09. The van der Waals surface area contributed by atoms with Crippen molar-refractivity contribution in [3.63, 3.8) is 0 Å². The number of aryl methyl sites for hydroxylation is 2. The van der Waals surface area contributed by atoms with Gasteiger partial charge in [-0.05, 0) is 31.0 Å². The van der Waals surface area contributed by atoms with Crippen LogP contribution in [-0.2, 0) is 11.2 Å². The second-order valence-corrected chi connectivity index (χ2v) is 5.66. The molecule has 8 heteroatoms. The number of hydrogen-bond donors (Lipinski definition) is 3. The largest absolute Gasteiger partial charge is 0.504 e. The maximum atomic E-state index is 12.0. The number of carbonyl (C=O) groups is 2. The minimum Gasteiger partial charge on any atom is -0.504 e. The van der Waals surface area contributed by atoms with E-state index in [1.807, 2.05) is 19.1 Å². The summed E-state index contributed by atoms with van der Waals surface area (Å²) in [7, 11) is 0. The molecule has 0 aliphatic carbocycles. The number of aromatic hydroxyl groups is 1. The molecule has 0 bridgehead atoms. The Labute approximate surface area is 143 Å². The first kappa shape index (κ1) is 17.7. The summed E-state index contributed by atoms with van der Waals surface area (Å²) in [6.45, 7) is 2.90. The Hall–Kier alpha value is -2.67. The van der Waals surface area contributed by atoms with Crippen molar-refractivity contribution in [1.29, 1.82) is 0 Å². The van der Waals surface area contributed by atoms with Crippen molar-refractivity contribution in [2.45, 2.75) is 20.3 Å². The Balaban J connectivity index is 2.32. The number of aliphatic carboxylic acids is 1. The van der Waals surface area contributed by atoms with Gasteiger partial charge in [0.1, 0.15) is 12.4 Å². The molecule has 0 saturated heterocycles. The van der Waals surface area contributed by atoms with Crippen molar-refractivity contribution in [1.82, 2.24) is 15.3 Å². The lowest BCUT2D eigenvalue weighted by Gasteiger charge is -2.10. The van der Waals surface area contributed by atoms with Crippen molar-refractivity contribution >= 4 is 23.5 Å². The summed E-state index contributed by atoms with van der Waals surface area (Å²) in [5.74, 6) is -2.05. The molecule has 2 aromatic rings. The van der Waals surface area contributed by atoms with Gasteiger partial charge in [0.25, 0.3) is 5.91 Å². The summed E-state index contributed by atoms with van der Waals surface area (Å²) < 4.78 is 0. The summed E-state index contributed by atoms with van der Waals surface area (Å²) in [6.07, 6.45) is 0.258. The van der Waals surface area contributed by atoms with Crippen LogP contribution in [-0.4, -0.2) is 38.6 Å². The van der Waals surface area contributed by atoms with Crippen LogP contribution in [0.4, 0.5) is 0 Å². The molecule has 1 aromatic heterocycles. The molecule has 0 fully saturated rings. The van der Waals surface area contributed by atoms with E-state index in [0.717, 1.165) is 11.1 Å². The van der Waals surface area contributed by atoms with Crippen LogP contribution in [0.5, 0.6) is 5.75 Å². The molecule has 7 nitrogen and oxygen atoms in total. The second-order valence-electron chi connectivity index (χ2n) is 5.25. The summed E-state index contributed by atoms with van der Waals surface area (Å²) in [4.78, 5) is 30.6. The Morgan fingerprint density at radius 1 is 1.25 bits per heavy atom. The Morgan fingerprint density at radius 3 is 2.58 bits per heavy atom. The van der Waals surface area contributed by atoms with Gasteiger partial charge in [0.2, 0.25) is 0 Å². The summed E-state index contributed by atoms with van der Waals surface area (Å²) in [5.41, 5.74) is 1.76. The number of hydrogen-bond acceptors (Lipinski definition) is 5. The normalized spacial score (nSPS) is 10.5. The first-order valence-electron chi connectivity index (χ1n) is 7.09. The maximum Gasteiger partial charge on any atom is 0.322 e. The molecular formula is C16H16ClN3O4. The highest BCUT2D eigenvalue weighted by atomic mass is 35.5. The SMILES string of the molecule is Cc1nc(Cc2ccc(C)c(Cl)c2)c(O)c(C(=O)NCC(=O)O)n1. The van der Waals surface area contributed by atoms with Crippen LogP contribution >= 0.6 is 11.6 Å². The number of benzene rings is 1. The number of amides is 1. The van der Waals surface area contributed by atoms with Crippen LogP contribution < -0.4 is 5.32 Å². The minimum atomic E-state index is -1.19. The van der Waals surface area contributed by atoms with E-state index in [9.17, 15) is 14.7 Å². The van der Waals surface area contributed by atoms with Gasteiger partial charge in [0, 0.05) is 11.4 Å². The molecule has 0 aliphatic heterocycles. The van der Waals surface area contributed by atoms with Gasteiger partial charge in [-0.2, -0.15) is 0 Å². The molecule has 0 spiro atoms. The number of nitrogens with zero attached hydrogens (tertiary/aromatic N) is 2. The van der Waals surface area contributed by atoms with Crippen molar-refractivity contribution in [3.05, 3.63) is 51.6 Å². The quantitative estimate of drug-likeness (QED) is 0.759. The first-order chi connectivity index (χ1) is 11.3. The molecule has 0 saturated carbocycles. The second kappa shape index (κ2) is 7.27. The number of rotatable bonds is 5. The predicted octanol–water partition coefficient (Wildman–Crippen LogP) is 1.86. The van der Waals surface area contributed by atoms with Gasteiger partial charge in [-0.1, -0.05) is 23.7 Å². The molecule has 0 aliphatic rings. The smallest absolute Gasteiger partial charge is 0.322 e. The highest BCUT2D eigenvalue weighted by Gasteiger charge is 2.19. The molecule has 2 rings (SSSR count). The molecule has 1 heterocycles. The third-order valence-electron chi connectivity index (χ3n) is 3.29. The zero-order valence-electron chi connectivity index (χ0n) is 13.1. The summed E-state index contributed by atoms with van der Waals surface area (Å²) in [5, 5.41) is 21.6. The van der Waals surface area contributed by atoms with E-state index < -0.39 is 18.4 Å². The maximum absolute atomic E-state index is 12.0. The molecule has 0 unspecified atom stereocenters. The first-order valence-corrected chi connectivity index (χ1v) is 7.47. The molecule has 24 heavy (non-hydrogen) atoms. The Kier molecular flexibility index (Phi) is 5.35. The number of carboxylic acid groups (broad SMARTS) is 1. The average molecular weight is 350 g/mol. The molecule has 1 aromatic carbocycles. The van der Waals surface area contributed by atoms with Gasteiger partial charge in [-0.15, -0.1) is 0 Å². The average Bonchev–Trinajstić information content (AvgIpc) is 2.51. The zero-order valence-corrected chi connectivity index (χ0v) is 13.9. The number of carboxylic acids is 1. The lowest BCUT2D eigenvalue weighted by molar-refractivity contribution is -0.135. The lowest BCUT2D eigenvalue weighted by atomic mass is 10.1. The number of aromatic nitrogens is 2. The molecular weight excluding hydrogens is 334 g/mol. The molecule has 126 valence electrons. The topological polar surface area (TPSA) is 112 Å². The zero-order chi connectivity index (χ0) is 17.9. The van der Waals surface area contributed by atoms with E-state index >= 15 is 0 Å². The van der Waals surface area contributed by atoms with Crippen LogP contribution in [0.25, 0.3) is 0 Å². The number of nitrogens with one attached hydrogen (secondary N) is 1. The van der Waals surface area contributed by atoms with Gasteiger partial charge >= 0.3 is 5.97 Å². The van der Waals surface area contributed by atoms with Crippen molar-refractivity contribution in [3.8, 4) is 5.75 Å². The van der Waals surface area contributed by atoms with Gasteiger partial charge in [0.05, 0.1) is 5.69 Å². The van der Waals surface area contributed by atoms with Gasteiger partial charge in [-0.3, -0.25) is 9.59 Å². The lowest BCUT2D eigenvalue weighted by Crippen LogP contribution is -2.30. The van der Waals surface area contributed by atoms with Crippen molar-refractivity contribution in [2.24, 2.45) is 0 Å². The predicted molar refractivity (Wildman–Crippen MR) is 87.4 cm³/mol. The van der Waals surface area contributed by atoms with Crippen LogP contribution in [0.3, 0.4) is 0 Å². The molecule has 3 N–H and O–H groups in total. The van der Waals surface area contributed by atoms with Gasteiger partial charge in [-0.25, -0.2) is 9.97 Å². The van der Waals surface area contributed by atoms with Gasteiger partial charge < -0.3 is 15.5 Å². The standard InChI is InChI=1S/C16H16ClN3O4/c1-8-3-4-10(5-11(8)17)6-12-15(23)14(20-9(2)19-12)16(24)18-7-13(21)22/h3-5,23H,6-7H2,1-2H3,(H,18,24)(H,21,22). The van der Waals surface area contributed by atoms with E-state index in [2.05, 4.69) is 15.3 Å². The minimum absolute atomic E-state index is 0.253.